The van der Waals surface area contributed by atoms with E-state index in [1.165, 1.54) is 6.07 Å². The van der Waals surface area contributed by atoms with E-state index >= 15 is 0 Å². The number of benzene rings is 1. The summed E-state index contributed by atoms with van der Waals surface area (Å²) in [6.45, 7) is 3.60. The van der Waals surface area contributed by atoms with E-state index in [9.17, 15) is 16.8 Å². The van der Waals surface area contributed by atoms with Gasteiger partial charge in [-0.2, -0.15) is 16.8 Å². The van der Waals surface area contributed by atoms with Gasteiger partial charge in [-0.1, -0.05) is 38.0 Å². The Hall–Kier alpha value is -0.960. The molecule has 116 valence electrons. The molecule has 0 radical (unpaired) electrons. The first-order valence-electron chi connectivity index (χ1n) is 6.06. The number of rotatable bonds is 5. The zero-order valence-corrected chi connectivity index (χ0v) is 13.1. The van der Waals surface area contributed by atoms with Crippen molar-refractivity contribution in [2.75, 3.05) is 5.75 Å². The van der Waals surface area contributed by atoms with Crippen LogP contribution in [-0.4, -0.2) is 31.7 Å². The maximum Gasteiger partial charge on any atom is 0.294 e. The van der Waals surface area contributed by atoms with Crippen molar-refractivity contribution in [2.24, 2.45) is 0 Å². The average molecular weight is 324 g/mol. The molecule has 1 aromatic rings. The first kappa shape index (κ1) is 19.0. The summed E-state index contributed by atoms with van der Waals surface area (Å²) in [7, 11) is -7.73. The van der Waals surface area contributed by atoms with Gasteiger partial charge in [-0.15, -0.1) is 0 Å². The Balaban J connectivity index is 0.000000370. The monoisotopic (exact) mass is 324 g/mol. The van der Waals surface area contributed by atoms with Gasteiger partial charge < -0.3 is 0 Å². The van der Waals surface area contributed by atoms with E-state index in [-0.39, 0.29) is 10.6 Å². The highest BCUT2D eigenvalue weighted by Gasteiger charge is 2.10. The zero-order valence-electron chi connectivity index (χ0n) is 11.5. The van der Waals surface area contributed by atoms with Crippen molar-refractivity contribution in [1.82, 2.24) is 0 Å². The molecule has 0 saturated heterocycles. The molecule has 1 rings (SSSR count). The predicted molar refractivity (Wildman–Crippen MR) is 76.9 cm³/mol. The van der Waals surface area contributed by atoms with Gasteiger partial charge in [0.05, 0.1) is 10.6 Å². The second-order valence-corrected chi connectivity index (χ2v) is 7.20. The van der Waals surface area contributed by atoms with Crippen molar-refractivity contribution in [3.8, 4) is 0 Å². The minimum absolute atomic E-state index is 0.0278. The summed E-state index contributed by atoms with van der Waals surface area (Å²) in [5, 5.41) is 0. The van der Waals surface area contributed by atoms with E-state index in [1.54, 1.807) is 25.1 Å². The van der Waals surface area contributed by atoms with Crippen molar-refractivity contribution >= 4 is 20.2 Å². The molecule has 0 amide bonds. The molecule has 6 nitrogen and oxygen atoms in total. The summed E-state index contributed by atoms with van der Waals surface area (Å²) < 4.78 is 58.2. The molecule has 0 unspecified atom stereocenters. The van der Waals surface area contributed by atoms with Gasteiger partial charge in [0.2, 0.25) is 0 Å². The van der Waals surface area contributed by atoms with Crippen LogP contribution in [0.5, 0.6) is 0 Å². The fraction of sp³-hybridized carbons (Fsp3) is 0.500. The van der Waals surface area contributed by atoms with Gasteiger partial charge in [-0.05, 0) is 25.0 Å². The molecule has 0 atom stereocenters. The van der Waals surface area contributed by atoms with E-state index in [1.807, 2.05) is 6.92 Å². The standard InChI is InChI=1S/C7H8O3S.C5H12O3S/c1-6-4-2-3-5-7(6)11(8,9)10;1-2-3-4-5-9(6,7)8/h2-5H,1H3,(H,8,9,10);2-5H2,1H3,(H,6,7,8). The van der Waals surface area contributed by atoms with Crippen LogP contribution in [-0.2, 0) is 20.2 Å². The van der Waals surface area contributed by atoms with Crippen LogP contribution in [0.3, 0.4) is 0 Å². The normalized spacial score (nSPS) is 11.6. The molecule has 0 bridgehead atoms. The van der Waals surface area contributed by atoms with E-state index in [4.69, 9.17) is 9.11 Å². The van der Waals surface area contributed by atoms with Gasteiger partial charge >= 0.3 is 0 Å². The van der Waals surface area contributed by atoms with Crippen molar-refractivity contribution in [3.05, 3.63) is 29.8 Å². The molecular weight excluding hydrogens is 304 g/mol. The topological polar surface area (TPSA) is 109 Å². The number of aryl methyl sites for hydroxylation is 1. The summed E-state index contributed by atoms with van der Waals surface area (Å²) in [4.78, 5) is -0.0278. The predicted octanol–water partition coefficient (Wildman–Crippen LogP) is 2.31. The molecular formula is C12H20O6S2. The number of unbranched alkanes of at least 4 members (excludes halogenated alkanes) is 2. The quantitative estimate of drug-likeness (QED) is 0.635. The second-order valence-electron chi connectivity index (χ2n) is 4.23. The van der Waals surface area contributed by atoms with Gasteiger partial charge in [0.25, 0.3) is 20.2 Å². The van der Waals surface area contributed by atoms with E-state index in [0.717, 1.165) is 12.8 Å². The Labute approximate surface area is 120 Å². The average Bonchev–Trinajstić information content (AvgIpc) is 2.27. The summed E-state index contributed by atoms with van der Waals surface area (Å²) >= 11 is 0. The lowest BCUT2D eigenvalue weighted by atomic mass is 10.2. The van der Waals surface area contributed by atoms with Gasteiger partial charge in [0.1, 0.15) is 0 Å². The molecule has 20 heavy (non-hydrogen) atoms. The van der Waals surface area contributed by atoms with Crippen LogP contribution in [0.2, 0.25) is 0 Å². The first-order chi connectivity index (χ1) is 9.08. The highest BCUT2D eigenvalue weighted by atomic mass is 32.2. The summed E-state index contributed by atoms with van der Waals surface area (Å²) in [6, 6.07) is 6.27. The van der Waals surface area contributed by atoms with Crippen LogP contribution >= 0.6 is 0 Å². The fourth-order valence-corrected chi connectivity index (χ4v) is 2.67. The van der Waals surface area contributed by atoms with Gasteiger partial charge in [-0.25, -0.2) is 0 Å². The lowest BCUT2D eigenvalue weighted by molar-refractivity contribution is 0.478. The Bertz CT molecular complexity index is 605. The third-order valence-electron chi connectivity index (χ3n) is 2.38. The fourth-order valence-electron chi connectivity index (χ4n) is 1.38. The molecule has 0 aliphatic carbocycles. The molecule has 0 aromatic heterocycles. The molecule has 2 N–H and O–H groups in total. The van der Waals surface area contributed by atoms with Gasteiger partial charge in [0.15, 0.2) is 0 Å². The van der Waals surface area contributed by atoms with Crippen LogP contribution in [0.15, 0.2) is 29.2 Å². The smallest absolute Gasteiger partial charge is 0.286 e. The van der Waals surface area contributed by atoms with E-state index in [2.05, 4.69) is 0 Å². The number of hydrogen-bond acceptors (Lipinski definition) is 4. The first-order valence-corrected chi connectivity index (χ1v) is 9.11. The zero-order chi connectivity index (χ0) is 15.8. The molecule has 0 saturated carbocycles. The summed E-state index contributed by atoms with van der Waals surface area (Å²) in [5.41, 5.74) is 0.551. The highest BCUT2D eigenvalue weighted by molar-refractivity contribution is 7.86. The van der Waals surface area contributed by atoms with Crippen molar-refractivity contribution in [3.63, 3.8) is 0 Å². The maximum atomic E-state index is 10.6. The Morgan fingerprint density at radius 2 is 1.55 bits per heavy atom. The largest absolute Gasteiger partial charge is 0.294 e. The van der Waals surface area contributed by atoms with Crippen LogP contribution in [0.1, 0.15) is 31.7 Å². The molecule has 1 aromatic carbocycles. The molecule has 8 heteroatoms. The van der Waals surface area contributed by atoms with Crippen LogP contribution in [0.25, 0.3) is 0 Å². The van der Waals surface area contributed by atoms with E-state index < -0.39 is 20.2 Å². The second kappa shape index (κ2) is 8.35. The van der Waals surface area contributed by atoms with Crippen molar-refractivity contribution < 1.29 is 25.9 Å². The SMILES string of the molecule is CCCCCS(=O)(=O)O.Cc1ccccc1S(=O)(=O)O. The van der Waals surface area contributed by atoms with Crippen LogP contribution < -0.4 is 0 Å². The lowest BCUT2D eigenvalue weighted by Gasteiger charge is -1.99. The molecule has 0 fully saturated rings. The highest BCUT2D eigenvalue weighted by Crippen LogP contribution is 2.12. The third-order valence-corrected chi connectivity index (χ3v) is 4.20. The molecule has 0 aliphatic rings. The molecule has 0 spiro atoms. The lowest BCUT2D eigenvalue weighted by Crippen LogP contribution is -2.02. The summed E-state index contributed by atoms with van der Waals surface area (Å²) in [6.07, 6.45) is 2.39. The Morgan fingerprint density at radius 3 is 1.90 bits per heavy atom. The van der Waals surface area contributed by atoms with Crippen LogP contribution in [0, 0.1) is 6.92 Å². The molecule has 0 aliphatic heterocycles. The minimum Gasteiger partial charge on any atom is -0.286 e. The third kappa shape index (κ3) is 9.03. The van der Waals surface area contributed by atoms with Gasteiger partial charge in [-0.3, -0.25) is 9.11 Å². The number of hydrogen-bond donors (Lipinski definition) is 2. The summed E-state index contributed by atoms with van der Waals surface area (Å²) in [5.74, 6) is -0.0964. The molecule has 0 heterocycles. The van der Waals surface area contributed by atoms with Crippen LogP contribution in [0.4, 0.5) is 0 Å². The Morgan fingerprint density at radius 1 is 1.00 bits per heavy atom. The maximum absolute atomic E-state index is 10.6. The van der Waals surface area contributed by atoms with Crippen molar-refractivity contribution in [2.45, 2.75) is 38.0 Å². The van der Waals surface area contributed by atoms with Crippen molar-refractivity contribution in [1.29, 1.82) is 0 Å². The minimum atomic E-state index is -4.03. The van der Waals surface area contributed by atoms with E-state index in [0.29, 0.717) is 12.0 Å². The van der Waals surface area contributed by atoms with Gasteiger partial charge in [0, 0.05) is 0 Å². The Kier molecular flexibility index (Phi) is 7.95.